The fraction of sp³-hybridized carbons (Fsp3) is 0.500. The van der Waals surface area contributed by atoms with Crippen LogP contribution in [0.4, 0.5) is 0 Å². The third-order valence-electron chi connectivity index (χ3n) is 1.90. The monoisotopic (exact) mass is 339 g/mol. The summed E-state index contributed by atoms with van der Waals surface area (Å²) in [6, 6.07) is 1.85. The second kappa shape index (κ2) is 5.81. The van der Waals surface area contributed by atoms with Gasteiger partial charge in [-0.15, -0.1) is 11.3 Å². The lowest BCUT2D eigenvalue weighted by Gasteiger charge is -2.14. The zero-order valence-electron chi connectivity index (χ0n) is 8.66. The third kappa shape index (κ3) is 4.48. The summed E-state index contributed by atoms with van der Waals surface area (Å²) < 4.78 is 1.10. The van der Waals surface area contributed by atoms with E-state index in [4.69, 9.17) is 5.11 Å². The molecule has 2 atom stereocenters. The number of nitrogens with one attached hydrogen (secondary N) is 1. The first-order valence-electron chi connectivity index (χ1n) is 4.72. The SMILES string of the molecule is CC(O)CC(C)NC(=O)c1csc(I)c1. The predicted molar refractivity (Wildman–Crippen MR) is 70.3 cm³/mol. The summed E-state index contributed by atoms with van der Waals surface area (Å²) in [4.78, 5) is 11.7. The quantitative estimate of drug-likeness (QED) is 0.827. The average molecular weight is 339 g/mol. The molecule has 0 fully saturated rings. The van der Waals surface area contributed by atoms with Crippen molar-refractivity contribution in [3.05, 3.63) is 19.9 Å². The van der Waals surface area contributed by atoms with Crippen molar-refractivity contribution in [2.24, 2.45) is 0 Å². The molecule has 5 heteroatoms. The number of carbonyl (C=O) groups excluding carboxylic acids is 1. The van der Waals surface area contributed by atoms with Crippen molar-refractivity contribution in [2.75, 3.05) is 0 Å². The number of aliphatic hydroxyl groups excluding tert-OH is 1. The van der Waals surface area contributed by atoms with Gasteiger partial charge >= 0.3 is 0 Å². The maximum Gasteiger partial charge on any atom is 0.252 e. The van der Waals surface area contributed by atoms with Crippen molar-refractivity contribution < 1.29 is 9.90 Å². The zero-order chi connectivity index (χ0) is 11.4. The highest BCUT2D eigenvalue weighted by Crippen LogP contribution is 2.16. The van der Waals surface area contributed by atoms with Crippen molar-refractivity contribution in [1.82, 2.24) is 5.32 Å². The minimum atomic E-state index is -0.386. The minimum absolute atomic E-state index is 0.00457. The van der Waals surface area contributed by atoms with Gasteiger partial charge in [0.2, 0.25) is 0 Å². The highest BCUT2D eigenvalue weighted by molar-refractivity contribution is 14.1. The molecule has 1 aromatic heterocycles. The highest BCUT2D eigenvalue weighted by Gasteiger charge is 2.12. The van der Waals surface area contributed by atoms with Crippen molar-refractivity contribution in [3.63, 3.8) is 0 Å². The van der Waals surface area contributed by atoms with Crippen molar-refractivity contribution in [2.45, 2.75) is 32.4 Å². The molecule has 1 aromatic rings. The number of halogens is 1. The van der Waals surface area contributed by atoms with Gasteiger partial charge < -0.3 is 10.4 Å². The van der Waals surface area contributed by atoms with Gasteiger partial charge in [0.25, 0.3) is 5.91 Å². The molecule has 15 heavy (non-hydrogen) atoms. The fourth-order valence-electron chi connectivity index (χ4n) is 1.31. The second-order valence-electron chi connectivity index (χ2n) is 3.60. The molecule has 3 nitrogen and oxygen atoms in total. The van der Waals surface area contributed by atoms with Gasteiger partial charge in [0, 0.05) is 11.4 Å². The number of amides is 1. The summed E-state index contributed by atoms with van der Waals surface area (Å²) in [7, 11) is 0. The summed E-state index contributed by atoms with van der Waals surface area (Å²) in [5, 5.41) is 13.8. The molecule has 1 heterocycles. The summed E-state index contributed by atoms with van der Waals surface area (Å²) in [6.45, 7) is 3.61. The second-order valence-corrected chi connectivity index (χ2v) is 6.40. The summed E-state index contributed by atoms with van der Waals surface area (Å²) in [5.74, 6) is -0.0673. The summed E-state index contributed by atoms with van der Waals surface area (Å²) >= 11 is 3.74. The fourth-order valence-corrected chi connectivity index (χ4v) is 2.63. The first-order chi connectivity index (χ1) is 6.99. The van der Waals surface area contributed by atoms with Gasteiger partial charge in [-0.2, -0.15) is 0 Å². The number of aliphatic hydroxyl groups is 1. The van der Waals surface area contributed by atoms with Crippen LogP contribution in [0.15, 0.2) is 11.4 Å². The number of hydrogen-bond acceptors (Lipinski definition) is 3. The van der Waals surface area contributed by atoms with Gasteiger partial charge in [-0.25, -0.2) is 0 Å². The highest BCUT2D eigenvalue weighted by atomic mass is 127. The van der Waals surface area contributed by atoms with Crippen molar-refractivity contribution >= 4 is 39.8 Å². The Kier molecular flexibility index (Phi) is 5.01. The Bertz CT molecular complexity index is 338. The molecular formula is C10H14INO2S. The Labute approximate surface area is 107 Å². The van der Waals surface area contributed by atoms with E-state index in [-0.39, 0.29) is 18.1 Å². The lowest BCUT2D eigenvalue weighted by atomic mass is 10.1. The molecule has 84 valence electrons. The van der Waals surface area contributed by atoms with Gasteiger partial charge in [-0.1, -0.05) is 0 Å². The molecule has 0 radical (unpaired) electrons. The first-order valence-corrected chi connectivity index (χ1v) is 6.68. The molecule has 0 aliphatic carbocycles. The molecule has 0 aromatic carbocycles. The van der Waals surface area contributed by atoms with Gasteiger partial charge in [0.1, 0.15) is 0 Å². The number of rotatable bonds is 4. The number of hydrogen-bond donors (Lipinski definition) is 2. The van der Waals surface area contributed by atoms with E-state index in [0.29, 0.717) is 12.0 Å². The van der Waals surface area contributed by atoms with Crippen LogP contribution in [-0.2, 0) is 0 Å². The van der Waals surface area contributed by atoms with E-state index < -0.39 is 0 Å². The van der Waals surface area contributed by atoms with Crippen LogP contribution in [0.1, 0.15) is 30.6 Å². The molecule has 1 rings (SSSR count). The Balaban J connectivity index is 2.49. The van der Waals surface area contributed by atoms with Crippen LogP contribution in [0.2, 0.25) is 0 Å². The topological polar surface area (TPSA) is 49.3 Å². The van der Waals surface area contributed by atoms with E-state index in [0.717, 1.165) is 2.88 Å². The third-order valence-corrected chi connectivity index (χ3v) is 3.69. The van der Waals surface area contributed by atoms with E-state index in [1.54, 1.807) is 18.3 Å². The van der Waals surface area contributed by atoms with Crippen LogP contribution < -0.4 is 5.32 Å². The van der Waals surface area contributed by atoms with Crippen LogP contribution in [0, 0.1) is 2.88 Å². The van der Waals surface area contributed by atoms with E-state index in [9.17, 15) is 4.79 Å². The Morgan fingerprint density at radius 3 is 2.80 bits per heavy atom. The number of thiophene rings is 1. The average Bonchev–Trinajstić information content (AvgIpc) is 2.49. The zero-order valence-corrected chi connectivity index (χ0v) is 11.6. The maximum absolute atomic E-state index is 11.7. The van der Waals surface area contributed by atoms with Crippen LogP contribution in [-0.4, -0.2) is 23.2 Å². The van der Waals surface area contributed by atoms with Gasteiger partial charge in [-0.05, 0) is 48.9 Å². The summed E-state index contributed by atoms with van der Waals surface area (Å²) in [6.07, 6.45) is 0.190. The Hall–Kier alpha value is -0.140. The molecule has 1 amide bonds. The van der Waals surface area contributed by atoms with Gasteiger partial charge in [0.05, 0.1) is 14.6 Å². The van der Waals surface area contributed by atoms with Crippen LogP contribution in [0.5, 0.6) is 0 Å². The minimum Gasteiger partial charge on any atom is -0.393 e. The molecular weight excluding hydrogens is 325 g/mol. The largest absolute Gasteiger partial charge is 0.393 e. The molecule has 0 aliphatic rings. The molecule has 0 saturated heterocycles. The molecule has 2 N–H and O–H groups in total. The standard InChI is InChI=1S/C10H14INO2S/c1-6(3-7(2)13)12-10(14)8-4-9(11)15-5-8/h4-7,13H,3H2,1-2H3,(H,12,14). The molecule has 0 bridgehead atoms. The lowest BCUT2D eigenvalue weighted by Crippen LogP contribution is -2.34. The van der Waals surface area contributed by atoms with Gasteiger partial charge in [0.15, 0.2) is 0 Å². The lowest BCUT2D eigenvalue weighted by molar-refractivity contribution is 0.0923. The first kappa shape index (κ1) is 12.9. The molecule has 2 unspecified atom stereocenters. The molecule has 0 saturated carbocycles. The smallest absolute Gasteiger partial charge is 0.252 e. The van der Waals surface area contributed by atoms with Gasteiger partial charge in [-0.3, -0.25) is 4.79 Å². The van der Waals surface area contributed by atoms with Crippen molar-refractivity contribution in [1.29, 1.82) is 0 Å². The summed E-state index contributed by atoms with van der Waals surface area (Å²) in [5.41, 5.74) is 0.696. The molecule has 0 spiro atoms. The van der Waals surface area contributed by atoms with E-state index in [1.807, 2.05) is 18.4 Å². The Morgan fingerprint density at radius 1 is 1.67 bits per heavy atom. The molecule has 0 aliphatic heterocycles. The van der Waals surface area contributed by atoms with Crippen LogP contribution in [0.25, 0.3) is 0 Å². The maximum atomic E-state index is 11.7. The van der Waals surface area contributed by atoms with E-state index >= 15 is 0 Å². The number of carbonyl (C=O) groups is 1. The van der Waals surface area contributed by atoms with E-state index in [1.165, 1.54) is 0 Å². The predicted octanol–water partition coefficient (Wildman–Crippen LogP) is 2.24. The van der Waals surface area contributed by atoms with E-state index in [2.05, 4.69) is 27.9 Å². The normalized spacial score (nSPS) is 14.7. The van der Waals surface area contributed by atoms with Crippen LogP contribution in [0.3, 0.4) is 0 Å². The van der Waals surface area contributed by atoms with Crippen LogP contribution >= 0.6 is 33.9 Å². The Morgan fingerprint density at radius 2 is 2.33 bits per heavy atom. The van der Waals surface area contributed by atoms with Crippen molar-refractivity contribution in [3.8, 4) is 0 Å².